The summed E-state index contributed by atoms with van der Waals surface area (Å²) in [4.78, 5) is 27.6. The number of carbonyl (C=O) groups is 1. The quantitative estimate of drug-likeness (QED) is 0.706. The van der Waals surface area contributed by atoms with Crippen molar-refractivity contribution in [3.05, 3.63) is 34.1 Å². The molecule has 4 fully saturated rings. The Bertz CT molecular complexity index is 1120. The number of fused-ring (bicyclic) bond motifs is 4. The lowest BCUT2D eigenvalue weighted by atomic mass is 9.83. The summed E-state index contributed by atoms with van der Waals surface area (Å²) in [6.07, 6.45) is 2.86. The van der Waals surface area contributed by atoms with Gasteiger partial charge in [-0.05, 0) is 51.6 Å². The van der Waals surface area contributed by atoms with E-state index in [1.165, 1.54) is 10.8 Å². The molecule has 7 nitrogen and oxygen atoms in total. The number of benzene rings is 1. The molecular weight excluding hydrogens is 432 g/mol. The molecule has 2 bridgehead atoms. The number of anilines is 1. The monoisotopic (exact) mass is 455 g/mol. The number of hydrogen-bond donors (Lipinski definition) is 1. The molecule has 0 radical (unpaired) electrons. The van der Waals surface area contributed by atoms with Gasteiger partial charge in [0.25, 0.3) is 0 Å². The van der Waals surface area contributed by atoms with Gasteiger partial charge in [0.05, 0.1) is 23.3 Å². The van der Waals surface area contributed by atoms with Gasteiger partial charge in [0, 0.05) is 18.6 Å². The molecule has 10 heteroatoms. The number of nitrogens with zero attached hydrogens (tertiary/aromatic N) is 3. The molecular formula is C21H24ClF2N3O4. The van der Waals surface area contributed by atoms with Gasteiger partial charge in [-0.3, -0.25) is 9.69 Å². The third kappa shape index (κ3) is 3.34. The highest BCUT2D eigenvalue weighted by molar-refractivity contribution is 5.86. The first-order valence-electron chi connectivity index (χ1n) is 10.2. The molecule has 3 unspecified atom stereocenters. The Balaban J connectivity index is 0.00000231. The summed E-state index contributed by atoms with van der Waals surface area (Å²) in [5, 5.41) is 8.70. The lowest BCUT2D eigenvalue weighted by molar-refractivity contribution is 0.0332. The van der Waals surface area contributed by atoms with Gasteiger partial charge in [-0.1, -0.05) is 0 Å². The summed E-state index contributed by atoms with van der Waals surface area (Å²) in [6, 6.07) is 1.29. The zero-order valence-corrected chi connectivity index (χ0v) is 18.0. The smallest absolute Gasteiger partial charge is 0.449 e. The fraction of sp³-hybridized carbons (Fsp3) is 0.524. The Hall–Kier alpha value is -2.39. The second-order valence-corrected chi connectivity index (χ2v) is 8.62. The molecule has 2 aromatic rings. The summed E-state index contributed by atoms with van der Waals surface area (Å²) < 4.78 is 37.2. The first-order valence-corrected chi connectivity index (χ1v) is 10.2. The van der Waals surface area contributed by atoms with E-state index >= 15 is 8.78 Å². The number of hydrogen-bond acceptors (Lipinski definition) is 5. The normalized spacial score (nSPS) is 25.5. The molecule has 31 heavy (non-hydrogen) atoms. The van der Waals surface area contributed by atoms with Crippen LogP contribution in [0.3, 0.4) is 0 Å². The third-order valence-electron chi connectivity index (χ3n) is 6.96. The van der Waals surface area contributed by atoms with Crippen molar-refractivity contribution in [2.75, 3.05) is 18.5 Å². The van der Waals surface area contributed by atoms with E-state index in [9.17, 15) is 9.59 Å². The largest absolute Gasteiger partial charge is 0.511 e. The van der Waals surface area contributed by atoms with Gasteiger partial charge in [0.2, 0.25) is 5.43 Å². The molecule has 0 amide bonds. The summed E-state index contributed by atoms with van der Waals surface area (Å²) >= 11 is 0. The van der Waals surface area contributed by atoms with Crippen molar-refractivity contribution in [2.45, 2.75) is 50.9 Å². The highest BCUT2D eigenvalue weighted by Crippen LogP contribution is 2.43. The maximum atomic E-state index is 15.9. The van der Waals surface area contributed by atoms with Crippen LogP contribution >= 0.6 is 12.4 Å². The van der Waals surface area contributed by atoms with Crippen LogP contribution in [0.15, 0.2) is 17.1 Å². The molecule has 3 saturated heterocycles. The number of rotatable bonds is 3. The van der Waals surface area contributed by atoms with E-state index in [0.717, 1.165) is 31.7 Å². The molecule has 1 saturated carbocycles. The Morgan fingerprint density at radius 3 is 2.55 bits per heavy atom. The van der Waals surface area contributed by atoms with Crippen LogP contribution in [0.2, 0.25) is 0 Å². The molecule has 6 rings (SSSR count). The van der Waals surface area contributed by atoms with Crippen molar-refractivity contribution in [3.63, 3.8) is 0 Å². The van der Waals surface area contributed by atoms with E-state index in [0.29, 0.717) is 18.5 Å². The number of piperidine rings is 2. The summed E-state index contributed by atoms with van der Waals surface area (Å²) in [5.74, 6) is -1.73. The number of aromatic nitrogens is 1. The second-order valence-electron chi connectivity index (χ2n) is 8.62. The fourth-order valence-electron chi connectivity index (χ4n) is 5.12. The van der Waals surface area contributed by atoms with Gasteiger partial charge in [-0.15, -0.1) is 12.4 Å². The lowest BCUT2D eigenvalue weighted by Gasteiger charge is -2.55. The van der Waals surface area contributed by atoms with Crippen molar-refractivity contribution in [1.29, 1.82) is 0 Å². The number of halogens is 3. The van der Waals surface area contributed by atoms with Gasteiger partial charge in [0.15, 0.2) is 11.6 Å². The lowest BCUT2D eigenvalue weighted by Crippen LogP contribution is -2.64. The van der Waals surface area contributed by atoms with E-state index in [4.69, 9.17) is 5.11 Å². The van der Waals surface area contributed by atoms with Crippen LogP contribution in [0.5, 0.6) is 5.75 Å². The summed E-state index contributed by atoms with van der Waals surface area (Å²) in [6.45, 7) is 2.69. The van der Waals surface area contributed by atoms with E-state index in [-0.39, 0.29) is 41.2 Å². The molecule has 3 atom stereocenters. The van der Waals surface area contributed by atoms with Crippen LogP contribution < -0.4 is 15.1 Å². The molecule has 4 heterocycles. The van der Waals surface area contributed by atoms with Crippen LogP contribution in [0.25, 0.3) is 10.9 Å². The Labute approximate surface area is 183 Å². The predicted molar refractivity (Wildman–Crippen MR) is 113 cm³/mol. The summed E-state index contributed by atoms with van der Waals surface area (Å²) in [5.41, 5.74) is -0.940. The molecule has 3 aliphatic heterocycles. The Kier molecular flexibility index (Phi) is 5.37. The van der Waals surface area contributed by atoms with E-state index in [1.807, 2.05) is 7.05 Å². The first-order chi connectivity index (χ1) is 14.3. The van der Waals surface area contributed by atoms with Crippen molar-refractivity contribution in [3.8, 4) is 5.75 Å². The van der Waals surface area contributed by atoms with Gasteiger partial charge >= 0.3 is 6.16 Å². The predicted octanol–water partition coefficient (Wildman–Crippen LogP) is 3.97. The highest BCUT2D eigenvalue weighted by atomic mass is 35.5. The zero-order chi connectivity index (χ0) is 21.3. The third-order valence-corrected chi connectivity index (χ3v) is 6.96. The Morgan fingerprint density at radius 2 is 1.94 bits per heavy atom. The number of ether oxygens (including phenoxy) is 1. The molecule has 4 aliphatic rings. The van der Waals surface area contributed by atoms with Crippen molar-refractivity contribution < 1.29 is 23.4 Å². The molecule has 0 spiro atoms. The van der Waals surface area contributed by atoms with Crippen molar-refractivity contribution in [1.82, 2.24) is 9.47 Å². The average Bonchev–Trinajstić information content (AvgIpc) is 3.53. The molecule has 168 valence electrons. The van der Waals surface area contributed by atoms with Gasteiger partial charge in [-0.2, -0.15) is 0 Å². The second kappa shape index (κ2) is 7.63. The van der Waals surface area contributed by atoms with Crippen LogP contribution in [-0.2, 0) is 0 Å². The molecule has 1 aromatic heterocycles. The van der Waals surface area contributed by atoms with Gasteiger partial charge < -0.3 is 19.3 Å². The maximum absolute atomic E-state index is 15.9. The average molecular weight is 456 g/mol. The van der Waals surface area contributed by atoms with Crippen molar-refractivity contribution >= 4 is 35.2 Å². The highest BCUT2D eigenvalue weighted by Gasteiger charge is 2.44. The topological polar surface area (TPSA) is 75.0 Å². The van der Waals surface area contributed by atoms with Crippen LogP contribution in [0.1, 0.15) is 38.6 Å². The Morgan fingerprint density at radius 1 is 1.23 bits per heavy atom. The van der Waals surface area contributed by atoms with E-state index < -0.39 is 29.0 Å². The molecule has 1 aliphatic carbocycles. The number of pyridine rings is 1. The van der Waals surface area contributed by atoms with Gasteiger partial charge in [-0.25, -0.2) is 13.6 Å². The minimum absolute atomic E-state index is 0. The van der Waals surface area contributed by atoms with Crippen molar-refractivity contribution in [2.24, 2.45) is 5.92 Å². The minimum atomic E-state index is -1.65. The fourth-order valence-corrected chi connectivity index (χ4v) is 5.12. The maximum Gasteiger partial charge on any atom is 0.511 e. The first kappa shape index (κ1) is 21.8. The standard InChI is InChI=1S/C21H23F2N3O4.ClH/c1-10-11-3-6-16(24(10)2)26(8-11)19-14(22)7-13-18(17(19)23)25(12-4-5-12)9-15(20(13)27)30-21(28)29;/h7,9-12,16H,3-6,8H2,1-2H3,(H,28,29);1H. The van der Waals surface area contributed by atoms with E-state index in [2.05, 4.69) is 16.6 Å². The van der Waals surface area contributed by atoms with Crippen LogP contribution in [0.4, 0.5) is 19.3 Å². The summed E-state index contributed by atoms with van der Waals surface area (Å²) in [7, 11) is 1.97. The minimum Gasteiger partial charge on any atom is -0.449 e. The molecule has 1 aromatic carbocycles. The zero-order valence-electron chi connectivity index (χ0n) is 17.2. The van der Waals surface area contributed by atoms with Gasteiger partial charge in [0.1, 0.15) is 11.5 Å². The van der Waals surface area contributed by atoms with E-state index in [1.54, 1.807) is 4.90 Å². The molecule has 1 N–H and O–H groups in total. The van der Waals surface area contributed by atoms with Crippen LogP contribution in [-0.4, -0.2) is 46.5 Å². The van der Waals surface area contributed by atoms with Crippen LogP contribution in [0, 0.1) is 17.6 Å². The SMILES string of the molecule is CC1C2CCC(N(c3c(F)cc4c(=O)c(OC(=O)O)cn(C5CC5)c4c3F)C2)N1C.Cl. The number of carboxylic acid groups (broad SMARTS) is 1.